The molecule has 0 aromatic carbocycles. The van der Waals surface area contributed by atoms with Crippen LogP contribution in [-0.2, 0) is 4.74 Å². The Balaban J connectivity index is 1.92. The number of halogens is 2. The third-order valence-electron chi connectivity index (χ3n) is 2.46. The van der Waals surface area contributed by atoms with Gasteiger partial charge >= 0.3 is 0 Å². The lowest BCUT2D eigenvalue weighted by Crippen LogP contribution is -2.24. The van der Waals surface area contributed by atoms with Crippen molar-refractivity contribution in [1.29, 1.82) is 0 Å². The fraction of sp³-hybridized carbons (Fsp3) is 0.500. The van der Waals surface area contributed by atoms with Gasteiger partial charge in [-0.1, -0.05) is 23.2 Å². The molecule has 1 saturated carbocycles. The number of Topliss-reactive ketones (excluding diaryl/α,β-unsaturated/α-hetero) is 1. The van der Waals surface area contributed by atoms with E-state index < -0.39 is 0 Å². The number of carbonyl (C=O) groups excluding carboxylic acids is 1. The van der Waals surface area contributed by atoms with Crippen LogP contribution >= 0.6 is 34.5 Å². The molecule has 0 bridgehead atoms. The first-order valence-electron chi connectivity index (χ1n) is 4.76. The van der Waals surface area contributed by atoms with Gasteiger partial charge in [0.2, 0.25) is 0 Å². The van der Waals surface area contributed by atoms with E-state index >= 15 is 0 Å². The summed E-state index contributed by atoms with van der Waals surface area (Å²) in [6.07, 6.45) is 3.59. The summed E-state index contributed by atoms with van der Waals surface area (Å²) in [5.41, 5.74) is 0.478. The van der Waals surface area contributed by atoms with E-state index in [-0.39, 0.29) is 18.5 Å². The van der Waals surface area contributed by atoms with E-state index in [4.69, 9.17) is 27.9 Å². The predicted octanol–water partition coefficient (Wildman–Crippen LogP) is 3.81. The first-order chi connectivity index (χ1) is 7.16. The zero-order valence-electron chi connectivity index (χ0n) is 7.96. The number of hydrogen-bond donors (Lipinski definition) is 0. The van der Waals surface area contributed by atoms with Crippen LogP contribution in [0.4, 0.5) is 0 Å². The van der Waals surface area contributed by atoms with E-state index in [0.717, 1.165) is 12.8 Å². The lowest BCUT2D eigenvalue weighted by molar-refractivity contribution is 0.00733. The lowest BCUT2D eigenvalue weighted by Gasteiger charge is -2.24. The van der Waals surface area contributed by atoms with E-state index in [1.54, 1.807) is 6.07 Å². The van der Waals surface area contributed by atoms with Crippen molar-refractivity contribution in [3.63, 3.8) is 0 Å². The molecule has 82 valence electrons. The number of carbonyl (C=O) groups is 1. The second kappa shape index (κ2) is 4.83. The van der Waals surface area contributed by atoms with Gasteiger partial charge in [-0.15, -0.1) is 11.3 Å². The molecule has 0 saturated heterocycles. The van der Waals surface area contributed by atoms with Crippen molar-refractivity contribution in [2.45, 2.75) is 25.4 Å². The fourth-order valence-corrected chi connectivity index (χ4v) is 2.84. The molecule has 1 aromatic heterocycles. The molecule has 1 aromatic rings. The van der Waals surface area contributed by atoms with Crippen LogP contribution in [0.5, 0.6) is 0 Å². The van der Waals surface area contributed by atoms with Crippen LogP contribution < -0.4 is 0 Å². The van der Waals surface area contributed by atoms with E-state index in [2.05, 4.69) is 0 Å². The molecule has 0 N–H and O–H groups in total. The predicted molar refractivity (Wildman–Crippen MR) is 62.3 cm³/mol. The van der Waals surface area contributed by atoms with E-state index in [1.165, 1.54) is 17.8 Å². The summed E-state index contributed by atoms with van der Waals surface area (Å²) in [7, 11) is 0. The molecule has 0 aliphatic heterocycles. The zero-order valence-corrected chi connectivity index (χ0v) is 10.3. The largest absolute Gasteiger partial charge is 0.370 e. The molecule has 1 aliphatic carbocycles. The molecule has 1 aliphatic rings. The van der Waals surface area contributed by atoms with Crippen molar-refractivity contribution >= 4 is 40.3 Å². The highest BCUT2D eigenvalue weighted by atomic mass is 35.5. The Bertz CT molecular complexity index is 371. The second-order valence-electron chi connectivity index (χ2n) is 3.52. The Morgan fingerprint density at radius 1 is 1.53 bits per heavy atom. The van der Waals surface area contributed by atoms with Crippen LogP contribution in [0, 0.1) is 0 Å². The number of ether oxygens (including phenoxy) is 1. The highest BCUT2D eigenvalue weighted by Gasteiger charge is 2.21. The first kappa shape index (κ1) is 11.4. The molecular formula is C10H10Cl2O2S. The van der Waals surface area contributed by atoms with Gasteiger partial charge in [0.05, 0.1) is 16.0 Å². The molecule has 0 unspecified atom stereocenters. The van der Waals surface area contributed by atoms with Gasteiger partial charge in [0.1, 0.15) is 10.9 Å². The van der Waals surface area contributed by atoms with Crippen molar-refractivity contribution in [3.05, 3.63) is 20.3 Å². The minimum Gasteiger partial charge on any atom is -0.370 e. The van der Waals surface area contributed by atoms with Crippen molar-refractivity contribution in [3.8, 4) is 0 Å². The minimum absolute atomic E-state index is 0.0879. The van der Waals surface area contributed by atoms with Crippen molar-refractivity contribution in [1.82, 2.24) is 0 Å². The van der Waals surface area contributed by atoms with Gasteiger partial charge in [-0.05, 0) is 25.3 Å². The number of rotatable bonds is 4. The molecule has 0 amide bonds. The van der Waals surface area contributed by atoms with Crippen LogP contribution in [0.15, 0.2) is 6.07 Å². The number of hydrogen-bond acceptors (Lipinski definition) is 3. The quantitative estimate of drug-likeness (QED) is 0.774. The van der Waals surface area contributed by atoms with Crippen LogP contribution in [-0.4, -0.2) is 18.5 Å². The van der Waals surface area contributed by atoms with Crippen LogP contribution in [0.25, 0.3) is 0 Å². The van der Waals surface area contributed by atoms with Gasteiger partial charge in [-0.3, -0.25) is 4.79 Å². The summed E-state index contributed by atoms with van der Waals surface area (Å²) in [4.78, 5) is 11.7. The van der Waals surface area contributed by atoms with Gasteiger partial charge in [0, 0.05) is 0 Å². The molecule has 2 rings (SSSR count). The maximum atomic E-state index is 11.7. The first-order valence-corrected chi connectivity index (χ1v) is 6.33. The normalized spacial score (nSPS) is 16.4. The maximum Gasteiger partial charge on any atom is 0.190 e. The SMILES string of the molecule is O=C(COC1CCC1)c1cc(Cl)sc1Cl. The standard InChI is InChI=1S/C10H10Cl2O2S/c11-9-4-7(10(12)15-9)8(13)5-14-6-2-1-3-6/h4,6H,1-3,5H2. The van der Waals surface area contributed by atoms with Gasteiger partial charge in [0.25, 0.3) is 0 Å². The van der Waals surface area contributed by atoms with Crippen molar-refractivity contribution in [2.24, 2.45) is 0 Å². The van der Waals surface area contributed by atoms with Crippen LogP contribution in [0.2, 0.25) is 8.67 Å². The summed E-state index contributed by atoms with van der Waals surface area (Å²) in [6, 6.07) is 1.60. The third-order valence-corrected chi connectivity index (χ3v) is 3.95. The third kappa shape index (κ3) is 2.72. The van der Waals surface area contributed by atoms with Gasteiger partial charge in [0.15, 0.2) is 5.78 Å². The fourth-order valence-electron chi connectivity index (χ4n) is 1.34. The lowest BCUT2D eigenvalue weighted by atomic mass is 9.96. The molecule has 15 heavy (non-hydrogen) atoms. The van der Waals surface area contributed by atoms with Gasteiger partial charge in [-0.2, -0.15) is 0 Å². The summed E-state index contributed by atoms with van der Waals surface area (Å²) in [5.74, 6) is -0.0879. The maximum absolute atomic E-state index is 11.7. The number of thiophene rings is 1. The molecular weight excluding hydrogens is 255 g/mol. The zero-order chi connectivity index (χ0) is 10.8. The second-order valence-corrected chi connectivity index (χ2v) is 5.81. The smallest absolute Gasteiger partial charge is 0.190 e. The summed E-state index contributed by atoms with van der Waals surface area (Å²) >= 11 is 12.8. The van der Waals surface area contributed by atoms with E-state index in [9.17, 15) is 4.79 Å². The highest BCUT2D eigenvalue weighted by Crippen LogP contribution is 2.31. The average molecular weight is 265 g/mol. The summed E-state index contributed by atoms with van der Waals surface area (Å²) < 4.78 is 6.39. The average Bonchev–Trinajstić information content (AvgIpc) is 2.42. The Hall–Kier alpha value is -0.0900. The van der Waals surface area contributed by atoms with Crippen LogP contribution in [0.1, 0.15) is 29.6 Å². The highest BCUT2D eigenvalue weighted by molar-refractivity contribution is 7.20. The Labute approximate surface area is 102 Å². The Morgan fingerprint density at radius 2 is 2.27 bits per heavy atom. The van der Waals surface area contributed by atoms with Gasteiger partial charge in [-0.25, -0.2) is 0 Å². The van der Waals surface area contributed by atoms with Crippen molar-refractivity contribution < 1.29 is 9.53 Å². The Morgan fingerprint density at radius 3 is 2.73 bits per heavy atom. The molecule has 5 heteroatoms. The molecule has 2 nitrogen and oxygen atoms in total. The molecule has 0 spiro atoms. The van der Waals surface area contributed by atoms with Crippen molar-refractivity contribution in [2.75, 3.05) is 6.61 Å². The number of ketones is 1. The van der Waals surface area contributed by atoms with Crippen LogP contribution in [0.3, 0.4) is 0 Å². The molecule has 1 fully saturated rings. The van der Waals surface area contributed by atoms with Gasteiger partial charge < -0.3 is 4.74 Å². The Kier molecular flexibility index (Phi) is 3.67. The molecule has 0 radical (unpaired) electrons. The van der Waals surface area contributed by atoms with E-state index in [0.29, 0.717) is 14.2 Å². The van der Waals surface area contributed by atoms with E-state index in [1.807, 2.05) is 0 Å². The topological polar surface area (TPSA) is 26.3 Å². The molecule has 1 heterocycles. The molecule has 0 atom stereocenters. The minimum atomic E-state index is -0.0879. The summed E-state index contributed by atoms with van der Waals surface area (Å²) in [5, 5.41) is 0. The summed E-state index contributed by atoms with van der Waals surface area (Å²) in [6.45, 7) is 0.109. The monoisotopic (exact) mass is 264 g/mol.